The number of nitrogens with zero attached hydrogens (tertiary/aromatic N) is 1. The zero-order valence-electron chi connectivity index (χ0n) is 13.2. The molecule has 1 aromatic rings. The van der Waals surface area contributed by atoms with E-state index >= 15 is 0 Å². The largest absolute Gasteiger partial charge is 0.472 e. The maximum atomic E-state index is 12.4. The number of hydrogen-bond donors (Lipinski definition) is 1. The Hall–Kier alpha value is -1.78. The van der Waals surface area contributed by atoms with Crippen LogP contribution in [0.4, 0.5) is 0 Å². The van der Waals surface area contributed by atoms with Crippen molar-refractivity contribution in [2.75, 3.05) is 19.6 Å². The average Bonchev–Trinajstić information content (AvgIpc) is 2.98. The second-order valence-corrected chi connectivity index (χ2v) is 5.59. The quantitative estimate of drug-likeness (QED) is 0.761. The van der Waals surface area contributed by atoms with Crippen LogP contribution in [0, 0.1) is 5.92 Å². The number of carbonyl (C=O) groups excluding carboxylic acids is 2. The van der Waals surface area contributed by atoms with Crippen molar-refractivity contribution in [2.24, 2.45) is 5.92 Å². The molecule has 5 heteroatoms. The summed E-state index contributed by atoms with van der Waals surface area (Å²) in [5, 5.41) is 2.83. The van der Waals surface area contributed by atoms with E-state index in [0.29, 0.717) is 37.5 Å². The van der Waals surface area contributed by atoms with Gasteiger partial charge in [0.25, 0.3) is 5.91 Å². The Morgan fingerprint density at radius 3 is 2.67 bits per heavy atom. The normalized spacial score (nSPS) is 10.7. The van der Waals surface area contributed by atoms with Crippen molar-refractivity contribution in [3.8, 4) is 0 Å². The first-order valence-corrected chi connectivity index (χ1v) is 7.62. The number of furan rings is 1. The van der Waals surface area contributed by atoms with Crippen molar-refractivity contribution in [2.45, 2.75) is 40.0 Å². The summed E-state index contributed by atoms with van der Waals surface area (Å²) < 4.78 is 4.96. The lowest BCUT2D eigenvalue weighted by atomic mass is 10.1. The monoisotopic (exact) mass is 294 g/mol. The summed E-state index contributed by atoms with van der Waals surface area (Å²) in [4.78, 5) is 25.8. The molecule has 0 aliphatic rings. The highest BCUT2D eigenvalue weighted by Crippen LogP contribution is 2.09. The molecule has 5 nitrogen and oxygen atoms in total. The molecule has 118 valence electrons. The minimum Gasteiger partial charge on any atom is -0.472 e. The van der Waals surface area contributed by atoms with Crippen molar-refractivity contribution < 1.29 is 14.0 Å². The summed E-state index contributed by atoms with van der Waals surface area (Å²) in [6.07, 6.45) is 5.10. The number of hydrogen-bond acceptors (Lipinski definition) is 3. The number of carbonyl (C=O) groups is 2. The molecule has 1 rings (SSSR count). The van der Waals surface area contributed by atoms with E-state index in [-0.39, 0.29) is 11.8 Å². The fourth-order valence-corrected chi connectivity index (χ4v) is 1.89. The molecular formula is C16H26N2O3. The lowest BCUT2D eigenvalue weighted by Gasteiger charge is -2.23. The van der Waals surface area contributed by atoms with Gasteiger partial charge >= 0.3 is 0 Å². The summed E-state index contributed by atoms with van der Waals surface area (Å²) >= 11 is 0. The minimum absolute atomic E-state index is 0.00797. The fourth-order valence-electron chi connectivity index (χ4n) is 1.89. The summed E-state index contributed by atoms with van der Waals surface area (Å²) in [6, 6.07) is 1.65. The molecule has 1 heterocycles. The number of rotatable bonds is 9. The van der Waals surface area contributed by atoms with Gasteiger partial charge in [0, 0.05) is 26.1 Å². The summed E-state index contributed by atoms with van der Waals surface area (Å²) in [7, 11) is 0. The third-order valence-electron chi connectivity index (χ3n) is 3.21. The van der Waals surface area contributed by atoms with Crippen LogP contribution in [0.2, 0.25) is 0 Å². The molecule has 0 fully saturated rings. The molecule has 0 saturated heterocycles. The maximum absolute atomic E-state index is 12.4. The third kappa shape index (κ3) is 6.47. The molecule has 0 saturated carbocycles. The van der Waals surface area contributed by atoms with Gasteiger partial charge in [0.2, 0.25) is 5.91 Å². The third-order valence-corrected chi connectivity index (χ3v) is 3.21. The van der Waals surface area contributed by atoms with Crippen LogP contribution in [0.15, 0.2) is 23.0 Å². The maximum Gasteiger partial charge on any atom is 0.257 e. The van der Waals surface area contributed by atoms with Crippen LogP contribution in [-0.2, 0) is 4.79 Å². The predicted octanol–water partition coefficient (Wildman–Crippen LogP) is 2.68. The second-order valence-electron chi connectivity index (χ2n) is 5.59. The van der Waals surface area contributed by atoms with Gasteiger partial charge in [-0.1, -0.05) is 20.8 Å². The fraction of sp³-hybridized carbons (Fsp3) is 0.625. The summed E-state index contributed by atoms with van der Waals surface area (Å²) in [6.45, 7) is 8.02. The summed E-state index contributed by atoms with van der Waals surface area (Å²) in [5.74, 6) is 0.428. The van der Waals surface area contributed by atoms with Crippen molar-refractivity contribution in [3.05, 3.63) is 24.2 Å². The van der Waals surface area contributed by atoms with Crippen molar-refractivity contribution >= 4 is 11.8 Å². The number of amides is 2. The van der Waals surface area contributed by atoms with Gasteiger partial charge < -0.3 is 14.6 Å². The summed E-state index contributed by atoms with van der Waals surface area (Å²) in [5.41, 5.74) is 0.535. The molecule has 0 aliphatic carbocycles. The molecule has 0 atom stereocenters. The Labute approximate surface area is 126 Å². The first-order chi connectivity index (χ1) is 10.0. The number of nitrogens with one attached hydrogen (secondary N) is 1. The first-order valence-electron chi connectivity index (χ1n) is 7.62. The van der Waals surface area contributed by atoms with Gasteiger partial charge in [-0.15, -0.1) is 0 Å². The molecule has 0 aliphatic heterocycles. The van der Waals surface area contributed by atoms with Crippen LogP contribution in [0.25, 0.3) is 0 Å². The van der Waals surface area contributed by atoms with Crippen LogP contribution in [0.3, 0.4) is 0 Å². The van der Waals surface area contributed by atoms with Gasteiger partial charge in [0.1, 0.15) is 6.26 Å². The Bertz CT molecular complexity index is 427. The molecule has 0 spiro atoms. The molecule has 21 heavy (non-hydrogen) atoms. The van der Waals surface area contributed by atoms with Crippen LogP contribution in [-0.4, -0.2) is 36.3 Å². The topological polar surface area (TPSA) is 62.6 Å². The van der Waals surface area contributed by atoms with E-state index in [1.807, 2.05) is 6.92 Å². The standard InChI is InChI=1S/C16H26N2O3/c1-4-8-17-15(19)6-10-18(9-5-13(2)3)16(20)14-7-11-21-12-14/h7,11-13H,4-6,8-10H2,1-3H3,(H,17,19). The van der Waals surface area contributed by atoms with Gasteiger partial charge in [-0.05, 0) is 24.8 Å². The lowest BCUT2D eigenvalue weighted by molar-refractivity contribution is -0.121. The van der Waals surface area contributed by atoms with E-state index in [4.69, 9.17) is 4.42 Å². The second kappa shape index (κ2) is 9.21. The SMILES string of the molecule is CCCNC(=O)CCN(CCC(C)C)C(=O)c1ccoc1. The van der Waals surface area contributed by atoms with Crippen molar-refractivity contribution in [1.29, 1.82) is 0 Å². The van der Waals surface area contributed by atoms with Crippen LogP contribution in [0.5, 0.6) is 0 Å². The smallest absolute Gasteiger partial charge is 0.257 e. The molecule has 1 N–H and O–H groups in total. The van der Waals surface area contributed by atoms with E-state index in [1.54, 1.807) is 11.0 Å². The van der Waals surface area contributed by atoms with E-state index in [0.717, 1.165) is 12.8 Å². The van der Waals surface area contributed by atoms with E-state index in [2.05, 4.69) is 19.2 Å². The Kier molecular flexibility index (Phi) is 7.58. The van der Waals surface area contributed by atoms with E-state index in [1.165, 1.54) is 12.5 Å². The van der Waals surface area contributed by atoms with Crippen LogP contribution >= 0.6 is 0 Å². The Morgan fingerprint density at radius 2 is 2.10 bits per heavy atom. The van der Waals surface area contributed by atoms with E-state index < -0.39 is 0 Å². The highest BCUT2D eigenvalue weighted by molar-refractivity contribution is 5.94. The van der Waals surface area contributed by atoms with Gasteiger partial charge in [-0.2, -0.15) is 0 Å². The van der Waals surface area contributed by atoms with Crippen LogP contribution < -0.4 is 5.32 Å². The van der Waals surface area contributed by atoms with Gasteiger partial charge in [-0.25, -0.2) is 0 Å². The molecule has 1 aromatic heterocycles. The Balaban J connectivity index is 2.56. The van der Waals surface area contributed by atoms with Crippen molar-refractivity contribution in [3.63, 3.8) is 0 Å². The van der Waals surface area contributed by atoms with Gasteiger partial charge in [0.15, 0.2) is 0 Å². The molecule has 0 aromatic carbocycles. The minimum atomic E-state index is -0.0762. The molecule has 2 amide bonds. The highest BCUT2D eigenvalue weighted by Gasteiger charge is 2.18. The zero-order valence-corrected chi connectivity index (χ0v) is 13.2. The van der Waals surface area contributed by atoms with Gasteiger partial charge in [0.05, 0.1) is 11.8 Å². The van der Waals surface area contributed by atoms with E-state index in [9.17, 15) is 9.59 Å². The molecule has 0 unspecified atom stereocenters. The first kappa shape index (κ1) is 17.3. The lowest BCUT2D eigenvalue weighted by Crippen LogP contribution is -2.36. The molecule has 0 radical (unpaired) electrons. The molecule has 0 bridgehead atoms. The Morgan fingerprint density at radius 1 is 1.33 bits per heavy atom. The predicted molar refractivity (Wildman–Crippen MR) is 82.0 cm³/mol. The van der Waals surface area contributed by atoms with Crippen molar-refractivity contribution in [1.82, 2.24) is 10.2 Å². The van der Waals surface area contributed by atoms with Crippen LogP contribution in [0.1, 0.15) is 50.4 Å². The zero-order chi connectivity index (χ0) is 15.7. The van der Waals surface area contributed by atoms with Gasteiger partial charge in [-0.3, -0.25) is 9.59 Å². The highest BCUT2D eigenvalue weighted by atomic mass is 16.3. The molecular weight excluding hydrogens is 268 g/mol. The average molecular weight is 294 g/mol.